The summed E-state index contributed by atoms with van der Waals surface area (Å²) < 4.78 is 51.3. The number of nitrogens with one attached hydrogen (secondary N) is 2. The van der Waals surface area contributed by atoms with Crippen molar-refractivity contribution in [3.63, 3.8) is 0 Å². The van der Waals surface area contributed by atoms with Gasteiger partial charge in [0, 0.05) is 24.9 Å². The minimum absolute atomic E-state index is 0.183. The van der Waals surface area contributed by atoms with Gasteiger partial charge in [-0.3, -0.25) is 9.59 Å². The van der Waals surface area contributed by atoms with Gasteiger partial charge in [0.15, 0.2) is 18.4 Å². The Kier molecular flexibility index (Phi) is 9.27. The molecule has 2 amide bonds. The van der Waals surface area contributed by atoms with Gasteiger partial charge in [0.05, 0.1) is 0 Å². The monoisotopic (exact) mass is 450 g/mol. The lowest BCUT2D eigenvalue weighted by molar-refractivity contribution is -0.117. The van der Waals surface area contributed by atoms with Crippen LogP contribution in [0.5, 0.6) is 5.75 Å². The van der Waals surface area contributed by atoms with E-state index in [0.717, 1.165) is 17.7 Å². The second-order valence-electron chi connectivity index (χ2n) is 6.83. The molecular weight excluding hydrogens is 425 g/mol. The number of hydrogen-bond donors (Lipinski definition) is 2. The summed E-state index contributed by atoms with van der Waals surface area (Å²) in [5.41, 5.74) is 0.529. The molecule has 2 aromatic carbocycles. The van der Waals surface area contributed by atoms with Crippen LogP contribution in [0.3, 0.4) is 0 Å². The number of methoxy groups -OCH3 is 1. The fraction of sp³-hybridized carbons (Fsp3) is 0.304. The summed E-state index contributed by atoms with van der Waals surface area (Å²) in [4.78, 5) is 25.2. The summed E-state index contributed by atoms with van der Waals surface area (Å²) in [7, 11) is 1.30. The second kappa shape index (κ2) is 11.9. The summed E-state index contributed by atoms with van der Waals surface area (Å²) in [6, 6.07) is 7.68. The number of amides is 2. The number of carbonyl (C=O) groups excluding carboxylic acids is 2. The van der Waals surface area contributed by atoms with E-state index in [2.05, 4.69) is 10.6 Å². The molecule has 0 atom stereocenters. The van der Waals surface area contributed by atoms with E-state index >= 15 is 0 Å². The van der Waals surface area contributed by atoms with E-state index in [4.69, 9.17) is 9.47 Å². The number of hydrogen-bond acceptors (Lipinski definition) is 4. The van der Waals surface area contributed by atoms with Gasteiger partial charge in [-0.2, -0.15) is 0 Å². The molecule has 0 unspecified atom stereocenters. The Hall–Kier alpha value is -3.33. The van der Waals surface area contributed by atoms with Gasteiger partial charge in [-0.05, 0) is 49.6 Å². The molecular formula is C23H25F3N2O4. The van der Waals surface area contributed by atoms with Crippen molar-refractivity contribution in [2.75, 3.05) is 20.4 Å². The first-order valence-electron chi connectivity index (χ1n) is 9.91. The van der Waals surface area contributed by atoms with E-state index in [1.54, 1.807) is 19.1 Å². The van der Waals surface area contributed by atoms with Gasteiger partial charge in [0.1, 0.15) is 17.2 Å². The van der Waals surface area contributed by atoms with Gasteiger partial charge in [0.2, 0.25) is 5.91 Å². The van der Waals surface area contributed by atoms with E-state index in [9.17, 15) is 22.8 Å². The molecule has 172 valence electrons. The van der Waals surface area contributed by atoms with Crippen LogP contribution in [-0.2, 0) is 16.0 Å². The van der Waals surface area contributed by atoms with Gasteiger partial charge in [-0.15, -0.1) is 0 Å². The van der Waals surface area contributed by atoms with Crippen molar-refractivity contribution in [2.45, 2.75) is 26.7 Å². The Morgan fingerprint density at radius 1 is 1.06 bits per heavy atom. The third-order valence-electron chi connectivity index (χ3n) is 4.58. The Labute approximate surface area is 184 Å². The maximum atomic E-state index is 14.3. The lowest BCUT2D eigenvalue weighted by Gasteiger charge is -2.15. The number of carbonyl (C=O) groups is 2. The van der Waals surface area contributed by atoms with E-state index in [-0.39, 0.29) is 36.8 Å². The van der Waals surface area contributed by atoms with Gasteiger partial charge >= 0.3 is 0 Å². The quantitative estimate of drug-likeness (QED) is 0.426. The topological polar surface area (TPSA) is 76.7 Å². The van der Waals surface area contributed by atoms with Gasteiger partial charge in [-0.25, -0.2) is 13.2 Å². The smallest absolute Gasteiger partial charge is 0.262 e. The van der Waals surface area contributed by atoms with Crippen molar-refractivity contribution in [1.82, 2.24) is 10.6 Å². The molecule has 0 heterocycles. The minimum Gasteiger partial charge on any atom is -0.464 e. The minimum atomic E-state index is -0.986. The molecule has 0 spiro atoms. The molecule has 0 aliphatic rings. The van der Waals surface area contributed by atoms with Crippen LogP contribution in [-0.4, -0.2) is 32.3 Å². The molecule has 2 rings (SSSR count). The first-order valence-corrected chi connectivity index (χ1v) is 9.91. The fourth-order valence-corrected chi connectivity index (χ4v) is 3.03. The zero-order chi connectivity index (χ0) is 23.7. The number of benzene rings is 2. The Balaban J connectivity index is 2.12. The summed E-state index contributed by atoms with van der Waals surface area (Å²) in [6.07, 6.45) is 0.692. The number of rotatable bonds is 10. The van der Waals surface area contributed by atoms with E-state index in [1.165, 1.54) is 26.2 Å². The van der Waals surface area contributed by atoms with Crippen molar-refractivity contribution in [2.24, 2.45) is 0 Å². The molecule has 0 fully saturated rings. The average molecular weight is 450 g/mol. The summed E-state index contributed by atoms with van der Waals surface area (Å²) in [5.74, 6) is -4.27. The van der Waals surface area contributed by atoms with Crippen LogP contribution in [0.1, 0.15) is 36.2 Å². The first kappa shape index (κ1) is 24.9. The van der Waals surface area contributed by atoms with Crippen molar-refractivity contribution < 1.29 is 32.2 Å². The predicted molar refractivity (Wildman–Crippen MR) is 112 cm³/mol. The molecule has 32 heavy (non-hydrogen) atoms. The second-order valence-corrected chi connectivity index (χ2v) is 6.83. The van der Waals surface area contributed by atoms with Crippen LogP contribution < -0.4 is 15.4 Å². The SMILES string of the molecule is CCC(C(=O)NCCc1cccc(F)c1)=C(C)NC(=O)c1c(F)ccc(F)c1OCOC. The van der Waals surface area contributed by atoms with E-state index in [0.29, 0.717) is 6.42 Å². The standard InChI is InChI=1S/C23H25F3N2O4/c1-4-17(22(29)27-11-10-15-6-5-7-16(24)12-15)14(2)28-23(30)20-18(25)8-9-19(26)21(20)32-13-31-3/h5-9,12H,4,10-11,13H2,1-3H3,(H,27,29)(H,28,30). The van der Waals surface area contributed by atoms with Crippen LogP contribution in [0.15, 0.2) is 47.7 Å². The molecule has 0 aliphatic heterocycles. The predicted octanol–water partition coefficient (Wildman–Crippen LogP) is 3.86. The molecule has 9 heteroatoms. The molecule has 0 radical (unpaired) electrons. The zero-order valence-corrected chi connectivity index (χ0v) is 18.1. The summed E-state index contributed by atoms with van der Waals surface area (Å²) in [6.45, 7) is 3.06. The number of allylic oxidation sites excluding steroid dienone is 1. The van der Waals surface area contributed by atoms with Crippen molar-refractivity contribution in [3.8, 4) is 5.75 Å². The largest absolute Gasteiger partial charge is 0.464 e. The van der Waals surface area contributed by atoms with Gasteiger partial charge < -0.3 is 20.1 Å². The van der Waals surface area contributed by atoms with Crippen LogP contribution in [0, 0.1) is 17.5 Å². The zero-order valence-electron chi connectivity index (χ0n) is 18.1. The molecule has 2 aromatic rings. The molecule has 0 saturated carbocycles. The maximum Gasteiger partial charge on any atom is 0.262 e. The fourth-order valence-electron chi connectivity index (χ4n) is 3.03. The highest BCUT2D eigenvalue weighted by Gasteiger charge is 2.23. The highest BCUT2D eigenvalue weighted by Crippen LogP contribution is 2.26. The average Bonchev–Trinajstić information content (AvgIpc) is 2.74. The van der Waals surface area contributed by atoms with Crippen molar-refractivity contribution in [3.05, 3.63) is 76.2 Å². The highest BCUT2D eigenvalue weighted by atomic mass is 19.1. The maximum absolute atomic E-state index is 14.3. The van der Waals surface area contributed by atoms with E-state index in [1.807, 2.05) is 0 Å². The van der Waals surface area contributed by atoms with Crippen LogP contribution in [0.25, 0.3) is 0 Å². The summed E-state index contributed by atoms with van der Waals surface area (Å²) >= 11 is 0. The van der Waals surface area contributed by atoms with Crippen LogP contribution in [0.4, 0.5) is 13.2 Å². The van der Waals surface area contributed by atoms with Crippen LogP contribution in [0.2, 0.25) is 0 Å². The van der Waals surface area contributed by atoms with Gasteiger partial charge in [-0.1, -0.05) is 19.1 Å². The third kappa shape index (κ3) is 6.58. The molecule has 2 N–H and O–H groups in total. The first-order chi connectivity index (χ1) is 15.3. The number of ether oxygens (including phenoxy) is 2. The van der Waals surface area contributed by atoms with E-state index < -0.39 is 34.8 Å². The normalized spacial score (nSPS) is 11.6. The molecule has 0 aliphatic carbocycles. The van der Waals surface area contributed by atoms with Crippen LogP contribution >= 0.6 is 0 Å². The van der Waals surface area contributed by atoms with Crippen molar-refractivity contribution in [1.29, 1.82) is 0 Å². The lowest BCUT2D eigenvalue weighted by atomic mass is 10.1. The Morgan fingerprint density at radius 3 is 2.44 bits per heavy atom. The third-order valence-corrected chi connectivity index (χ3v) is 4.58. The lowest BCUT2D eigenvalue weighted by Crippen LogP contribution is -2.31. The molecule has 0 saturated heterocycles. The van der Waals surface area contributed by atoms with Crippen molar-refractivity contribution >= 4 is 11.8 Å². The van der Waals surface area contributed by atoms with Gasteiger partial charge in [0.25, 0.3) is 5.91 Å². The summed E-state index contributed by atoms with van der Waals surface area (Å²) in [5, 5.41) is 5.14. The Bertz CT molecular complexity index is 1010. The Morgan fingerprint density at radius 2 is 1.78 bits per heavy atom. The molecule has 0 bridgehead atoms. The highest BCUT2D eigenvalue weighted by molar-refractivity contribution is 6.00. The number of halogens is 3. The molecule has 0 aromatic heterocycles. The molecule has 6 nitrogen and oxygen atoms in total.